The Morgan fingerprint density at radius 3 is 2.41 bits per heavy atom. The van der Waals surface area contributed by atoms with Crippen LogP contribution in [-0.4, -0.2) is 62.9 Å². The fourth-order valence-corrected chi connectivity index (χ4v) is 4.93. The van der Waals surface area contributed by atoms with Gasteiger partial charge in [0.1, 0.15) is 12.3 Å². The molecular formula is C18H25N3O5S. The Kier molecular flexibility index (Phi) is 5.43. The van der Waals surface area contributed by atoms with Crippen LogP contribution < -0.4 is 9.64 Å². The average molecular weight is 395 g/mol. The third-order valence-corrected chi connectivity index (χ3v) is 6.64. The van der Waals surface area contributed by atoms with Crippen LogP contribution in [0.5, 0.6) is 5.75 Å². The average Bonchev–Trinajstić information content (AvgIpc) is 3.26. The van der Waals surface area contributed by atoms with E-state index in [9.17, 15) is 18.0 Å². The molecule has 2 fully saturated rings. The maximum atomic E-state index is 12.8. The van der Waals surface area contributed by atoms with E-state index >= 15 is 0 Å². The second-order valence-electron chi connectivity index (χ2n) is 7.21. The highest BCUT2D eigenvalue weighted by Gasteiger charge is 2.38. The van der Waals surface area contributed by atoms with Gasteiger partial charge in [-0.2, -0.15) is 4.31 Å². The minimum absolute atomic E-state index is 0.0832. The lowest BCUT2D eigenvalue weighted by Crippen LogP contribution is -2.35. The number of carbonyl (C=O) groups excluding carboxylic acids is 2. The minimum atomic E-state index is -3.59. The summed E-state index contributed by atoms with van der Waals surface area (Å²) >= 11 is 0. The van der Waals surface area contributed by atoms with Gasteiger partial charge in [0, 0.05) is 25.7 Å². The monoisotopic (exact) mass is 395 g/mol. The van der Waals surface area contributed by atoms with Crippen LogP contribution in [0.3, 0.4) is 0 Å². The molecular weight excluding hydrogens is 370 g/mol. The van der Waals surface area contributed by atoms with E-state index in [2.05, 4.69) is 0 Å². The summed E-state index contributed by atoms with van der Waals surface area (Å²) in [4.78, 5) is 27.6. The molecule has 2 heterocycles. The number of rotatable bonds is 6. The van der Waals surface area contributed by atoms with Crippen LogP contribution in [0.25, 0.3) is 0 Å². The number of carbonyl (C=O) groups is 2. The van der Waals surface area contributed by atoms with E-state index in [4.69, 9.17) is 4.74 Å². The number of amides is 3. The Hall–Kier alpha value is -2.13. The number of urea groups is 1. The Morgan fingerprint density at radius 1 is 1.15 bits per heavy atom. The van der Waals surface area contributed by atoms with Crippen molar-refractivity contribution in [3.8, 4) is 5.75 Å². The van der Waals surface area contributed by atoms with Gasteiger partial charge >= 0.3 is 6.03 Å². The van der Waals surface area contributed by atoms with Crippen molar-refractivity contribution in [1.29, 1.82) is 0 Å². The molecule has 0 atom stereocenters. The maximum Gasteiger partial charge on any atom is 0.331 e. The van der Waals surface area contributed by atoms with E-state index in [0.29, 0.717) is 25.3 Å². The Bertz CT molecular complexity index is 847. The molecule has 9 heteroatoms. The van der Waals surface area contributed by atoms with Crippen LogP contribution in [0.4, 0.5) is 10.5 Å². The molecule has 2 saturated heterocycles. The van der Waals surface area contributed by atoms with Crippen molar-refractivity contribution in [3.05, 3.63) is 18.2 Å². The lowest BCUT2D eigenvalue weighted by atomic mass is 10.2. The zero-order chi connectivity index (χ0) is 19.8. The van der Waals surface area contributed by atoms with E-state index < -0.39 is 16.1 Å². The largest absolute Gasteiger partial charge is 0.495 e. The van der Waals surface area contributed by atoms with Crippen molar-refractivity contribution in [2.45, 2.75) is 31.6 Å². The number of hydrogen-bond acceptors (Lipinski definition) is 5. The van der Waals surface area contributed by atoms with Crippen LogP contribution in [0.1, 0.15) is 26.7 Å². The number of imide groups is 1. The summed E-state index contributed by atoms with van der Waals surface area (Å²) in [6, 6.07) is 4.01. The molecule has 3 amide bonds. The summed E-state index contributed by atoms with van der Waals surface area (Å²) in [7, 11) is -2.17. The van der Waals surface area contributed by atoms with Gasteiger partial charge < -0.3 is 4.74 Å². The second kappa shape index (κ2) is 7.47. The van der Waals surface area contributed by atoms with Crippen molar-refractivity contribution < 1.29 is 22.7 Å². The highest BCUT2D eigenvalue weighted by Crippen LogP contribution is 2.34. The van der Waals surface area contributed by atoms with Gasteiger partial charge in [-0.3, -0.25) is 14.6 Å². The molecule has 0 bridgehead atoms. The molecule has 2 aliphatic rings. The normalized spacial score (nSPS) is 18.8. The van der Waals surface area contributed by atoms with Gasteiger partial charge in [-0.15, -0.1) is 0 Å². The molecule has 0 aliphatic carbocycles. The maximum absolute atomic E-state index is 12.8. The molecule has 0 radical (unpaired) electrons. The molecule has 0 spiro atoms. The van der Waals surface area contributed by atoms with E-state index in [-0.39, 0.29) is 29.0 Å². The molecule has 27 heavy (non-hydrogen) atoms. The smallest absolute Gasteiger partial charge is 0.331 e. The van der Waals surface area contributed by atoms with Gasteiger partial charge in [0.2, 0.25) is 10.0 Å². The van der Waals surface area contributed by atoms with Crippen molar-refractivity contribution in [1.82, 2.24) is 9.21 Å². The molecule has 1 aromatic rings. The first-order chi connectivity index (χ1) is 12.8. The quantitative estimate of drug-likeness (QED) is 0.687. The third kappa shape index (κ3) is 3.66. The summed E-state index contributed by atoms with van der Waals surface area (Å²) in [5.74, 6) is 0.139. The van der Waals surface area contributed by atoms with Crippen molar-refractivity contribution in [3.63, 3.8) is 0 Å². The Labute approximate surface area is 159 Å². The van der Waals surface area contributed by atoms with Gasteiger partial charge in [0.05, 0.1) is 17.7 Å². The van der Waals surface area contributed by atoms with Crippen LogP contribution in [0.2, 0.25) is 0 Å². The van der Waals surface area contributed by atoms with E-state index in [1.165, 1.54) is 39.4 Å². The van der Waals surface area contributed by atoms with Crippen LogP contribution >= 0.6 is 0 Å². The number of sulfonamides is 1. The number of methoxy groups -OCH3 is 1. The fourth-order valence-electron chi connectivity index (χ4n) is 3.39. The molecule has 3 rings (SSSR count). The zero-order valence-corrected chi connectivity index (χ0v) is 16.7. The Balaban J connectivity index is 1.91. The first-order valence-corrected chi connectivity index (χ1v) is 10.5. The van der Waals surface area contributed by atoms with Gasteiger partial charge in [0.25, 0.3) is 5.91 Å². The standard InChI is InChI=1S/C18H25N3O5S/c1-13(2)11-21-17(22)12-20(18(21)23)15-7-6-14(10-16(15)26-3)27(24,25)19-8-4-5-9-19/h6-7,10,13H,4-5,8-9,11-12H2,1-3H3. The number of nitrogens with zero attached hydrogens (tertiary/aromatic N) is 3. The SMILES string of the molecule is COc1cc(S(=O)(=O)N2CCCC2)ccc1N1CC(=O)N(CC(C)C)C1=O. The second-order valence-corrected chi connectivity index (χ2v) is 9.15. The van der Waals surface area contributed by atoms with Crippen molar-refractivity contribution in [2.75, 3.05) is 38.2 Å². The lowest BCUT2D eigenvalue weighted by Gasteiger charge is -2.21. The topological polar surface area (TPSA) is 87.2 Å². The molecule has 0 saturated carbocycles. The number of benzene rings is 1. The summed E-state index contributed by atoms with van der Waals surface area (Å²) in [6.45, 7) is 5.15. The highest BCUT2D eigenvalue weighted by molar-refractivity contribution is 7.89. The Morgan fingerprint density at radius 2 is 1.81 bits per heavy atom. The number of anilines is 1. The lowest BCUT2D eigenvalue weighted by molar-refractivity contribution is -0.125. The minimum Gasteiger partial charge on any atom is -0.495 e. The molecule has 8 nitrogen and oxygen atoms in total. The summed E-state index contributed by atoms with van der Waals surface area (Å²) in [6.07, 6.45) is 1.70. The fraction of sp³-hybridized carbons (Fsp3) is 0.556. The van der Waals surface area contributed by atoms with Crippen molar-refractivity contribution >= 4 is 27.6 Å². The molecule has 148 valence electrons. The van der Waals surface area contributed by atoms with Crippen LogP contribution in [0, 0.1) is 5.92 Å². The number of ether oxygens (including phenoxy) is 1. The highest BCUT2D eigenvalue weighted by atomic mass is 32.2. The predicted molar refractivity (Wildman–Crippen MR) is 100 cm³/mol. The van der Waals surface area contributed by atoms with Crippen LogP contribution in [-0.2, 0) is 14.8 Å². The van der Waals surface area contributed by atoms with Gasteiger partial charge in [0.15, 0.2) is 0 Å². The predicted octanol–water partition coefficient (Wildman–Crippen LogP) is 1.90. The van der Waals surface area contributed by atoms with E-state index in [0.717, 1.165) is 12.8 Å². The van der Waals surface area contributed by atoms with Crippen LogP contribution in [0.15, 0.2) is 23.1 Å². The summed E-state index contributed by atoms with van der Waals surface area (Å²) in [5, 5.41) is 0. The van der Waals surface area contributed by atoms with Gasteiger partial charge in [-0.25, -0.2) is 13.2 Å². The molecule has 0 aromatic heterocycles. The van der Waals surface area contributed by atoms with E-state index in [1.54, 1.807) is 0 Å². The molecule has 0 N–H and O–H groups in total. The van der Waals surface area contributed by atoms with E-state index in [1.807, 2.05) is 13.8 Å². The summed E-state index contributed by atoms with van der Waals surface area (Å²) in [5.41, 5.74) is 0.391. The zero-order valence-electron chi connectivity index (χ0n) is 15.8. The first kappa shape index (κ1) is 19.6. The van der Waals surface area contributed by atoms with Gasteiger partial charge in [-0.05, 0) is 30.9 Å². The first-order valence-electron chi connectivity index (χ1n) is 9.05. The molecule has 2 aliphatic heterocycles. The van der Waals surface area contributed by atoms with Gasteiger partial charge in [-0.1, -0.05) is 13.8 Å². The number of hydrogen-bond donors (Lipinski definition) is 0. The summed E-state index contributed by atoms with van der Waals surface area (Å²) < 4.78 is 32.3. The third-order valence-electron chi connectivity index (χ3n) is 4.75. The van der Waals surface area contributed by atoms with Crippen molar-refractivity contribution in [2.24, 2.45) is 5.92 Å². The molecule has 0 unspecified atom stereocenters. The molecule has 1 aromatic carbocycles.